The SMILES string of the molecule is O=C(CCCn1nnnc1CN1CCOCC1)N1CCCCC1CCN1CCCC1. The Labute approximate surface area is 179 Å². The lowest BCUT2D eigenvalue weighted by molar-refractivity contribution is -0.135. The molecule has 1 atom stereocenters. The van der Waals surface area contributed by atoms with Gasteiger partial charge in [-0.25, -0.2) is 4.68 Å². The van der Waals surface area contributed by atoms with Crippen LogP contribution >= 0.6 is 0 Å². The Hall–Kier alpha value is -1.58. The number of hydrogen-bond acceptors (Lipinski definition) is 7. The number of hydrogen-bond donors (Lipinski definition) is 0. The monoisotopic (exact) mass is 419 g/mol. The summed E-state index contributed by atoms with van der Waals surface area (Å²) >= 11 is 0. The molecule has 1 aromatic heterocycles. The first kappa shape index (κ1) is 21.6. The minimum Gasteiger partial charge on any atom is -0.379 e. The summed E-state index contributed by atoms with van der Waals surface area (Å²) in [5, 5.41) is 12.2. The molecule has 168 valence electrons. The quantitative estimate of drug-likeness (QED) is 0.594. The van der Waals surface area contributed by atoms with Crippen LogP contribution in [0.15, 0.2) is 0 Å². The number of morpholine rings is 1. The molecule has 4 rings (SSSR count). The highest BCUT2D eigenvalue weighted by molar-refractivity contribution is 5.76. The standard InChI is InChI=1S/C21H37N7O2/c29-21(27-11-2-1-6-19(27)8-13-25-9-3-4-10-25)7-5-12-28-20(22-23-24-28)18-26-14-16-30-17-15-26/h19H,1-18H2. The van der Waals surface area contributed by atoms with E-state index in [0.717, 1.165) is 77.4 Å². The molecule has 30 heavy (non-hydrogen) atoms. The summed E-state index contributed by atoms with van der Waals surface area (Å²) in [5.74, 6) is 1.19. The third kappa shape index (κ3) is 5.98. The number of carbonyl (C=O) groups is 1. The van der Waals surface area contributed by atoms with Gasteiger partial charge in [0.25, 0.3) is 0 Å². The Bertz CT molecular complexity index is 656. The van der Waals surface area contributed by atoms with Gasteiger partial charge in [-0.2, -0.15) is 0 Å². The Kier molecular flexibility index (Phi) is 8.05. The molecule has 0 spiro atoms. The number of aryl methyl sites for hydroxylation is 1. The van der Waals surface area contributed by atoms with E-state index in [9.17, 15) is 4.79 Å². The smallest absolute Gasteiger partial charge is 0.222 e. The van der Waals surface area contributed by atoms with E-state index in [2.05, 4.69) is 30.2 Å². The van der Waals surface area contributed by atoms with Gasteiger partial charge in [0.05, 0.1) is 19.8 Å². The molecular formula is C21H37N7O2. The van der Waals surface area contributed by atoms with Crippen LogP contribution in [0.5, 0.6) is 0 Å². The van der Waals surface area contributed by atoms with Gasteiger partial charge in [0.2, 0.25) is 5.91 Å². The Morgan fingerprint density at radius 1 is 0.967 bits per heavy atom. The van der Waals surface area contributed by atoms with Crippen molar-refractivity contribution in [3.8, 4) is 0 Å². The van der Waals surface area contributed by atoms with E-state index in [4.69, 9.17) is 4.74 Å². The summed E-state index contributed by atoms with van der Waals surface area (Å²) in [6.45, 7) is 9.35. The van der Waals surface area contributed by atoms with Crippen LogP contribution in [0.4, 0.5) is 0 Å². The van der Waals surface area contributed by atoms with E-state index in [-0.39, 0.29) is 0 Å². The second-order valence-corrected chi connectivity index (χ2v) is 8.88. The fourth-order valence-electron chi connectivity index (χ4n) is 4.96. The van der Waals surface area contributed by atoms with Crippen molar-refractivity contribution in [1.29, 1.82) is 0 Å². The van der Waals surface area contributed by atoms with Gasteiger partial charge in [-0.15, -0.1) is 5.10 Å². The average molecular weight is 420 g/mol. The molecule has 3 fully saturated rings. The molecular weight excluding hydrogens is 382 g/mol. The molecule has 0 radical (unpaired) electrons. The second-order valence-electron chi connectivity index (χ2n) is 8.88. The first-order valence-electron chi connectivity index (χ1n) is 11.9. The molecule has 3 saturated heterocycles. The summed E-state index contributed by atoms with van der Waals surface area (Å²) in [5.41, 5.74) is 0. The van der Waals surface area contributed by atoms with E-state index in [1.165, 1.54) is 32.4 Å². The maximum Gasteiger partial charge on any atom is 0.222 e. The second kappa shape index (κ2) is 11.2. The van der Waals surface area contributed by atoms with Gasteiger partial charge in [0, 0.05) is 45.2 Å². The highest BCUT2D eigenvalue weighted by Gasteiger charge is 2.27. The van der Waals surface area contributed by atoms with Gasteiger partial charge in [0.15, 0.2) is 5.82 Å². The first-order chi connectivity index (χ1) is 14.8. The van der Waals surface area contributed by atoms with Crippen molar-refractivity contribution in [2.45, 2.75) is 70.5 Å². The minimum atomic E-state index is 0.309. The average Bonchev–Trinajstić information content (AvgIpc) is 3.45. The number of tetrazole rings is 1. The fraction of sp³-hybridized carbons (Fsp3) is 0.905. The number of aromatic nitrogens is 4. The number of piperidine rings is 1. The zero-order chi connectivity index (χ0) is 20.6. The van der Waals surface area contributed by atoms with Crippen LogP contribution in [0.25, 0.3) is 0 Å². The number of amides is 1. The van der Waals surface area contributed by atoms with Crippen molar-refractivity contribution in [2.75, 3.05) is 52.5 Å². The molecule has 9 nitrogen and oxygen atoms in total. The number of ether oxygens (including phenoxy) is 1. The maximum atomic E-state index is 13.0. The molecule has 3 aliphatic rings. The predicted molar refractivity (Wildman–Crippen MR) is 113 cm³/mol. The molecule has 9 heteroatoms. The highest BCUT2D eigenvalue weighted by Crippen LogP contribution is 2.22. The van der Waals surface area contributed by atoms with Gasteiger partial charge in [-0.05, 0) is 68.5 Å². The van der Waals surface area contributed by atoms with Crippen molar-refractivity contribution in [1.82, 2.24) is 34.9 Å². The van der Waals surface area contributed by atoms with Crippen molar-refractivity contribution in [3.05, 3.63) is 5.82 Å². The number of carbonyl (C=O) groups excluding carboxylic acids is 1. The number of rotatable bonds is 9. The van der Waals surface area contributed by atoms with Gasteiger partial charge in [0.1, 0.15) is 0 Å². The van der Waals surface area contributed by atoms with Crippen LogP contribution in [0.2, 0.25) is 0 Å². The van der Waals surface area contributed by atoms with E-state index in [1.807, 2.05) is 4.68 Å². The molecule has 0 bridgehead atoms. The topological polar surface area (TPSA) is 79.6 Å². The summed E-state index contributed by atoms with van der Waals surface area (Å²) in [4.78, 5) is 20.0. The lowest BCUT2D eigenvalue weighted by Gasteiger charge is -2.37. The third-order valence-corrected chi connectivity index (χ3v) is 6.76. The summed E-state index contributed by atoms with van der Waals surface area (Å²) in [6.07, 6.45) is 8.72. The normalized spacial score (nSPS) is 23.9. The van der Waals surface area contributed by atoms with Crippen molar-refractivity contribution in [2.24, 2.45) is 0 Å². The maximum absolute atomic E-state index is 13.0. The van der Waals surface area contributed by atoms with Crippen molar-refractivity contribution in [3.63, 3.8) is 0 Å². The number of likely N-dealkylation sites (tertiary alicyclic amines) is 2. The fourth-order valence-corrected chi connectivity index (χ4v) is 4.96. The summed E-state index contributed by atoms with van der Waals surface area (Å²) in [6, 6.07) is 0.428. The van der Waals surface area contributed by atoms with Crippen LogP contribution in [0.1, 0.15) is 57.2 Å². The zero-order valence-corrected chi connectivity index (χ0v) is 18.3. The van der Waals surface area contributed by atoms with Gasteiger partial charge >= 0.3 is 0 Å². The number of nitrogens with zero attached hydrogens (tertiary/aromatic N) is 7. The third-order valence-electron chi connectivity index (χ3n) is 6.76. The molecule has 3 aliphatic heterocycles. The van der Waals surface area contributed by atoms with E-state index in [1.54, 1.807) is 0 Å². The predicted octanol–water partition coefficient (Wildman–Crippen LogP) is 1.15. The molecule has 1 amide bonds. The Morgan fingerprint density at radius 2 is 1.77 bits per heavy atom. The van der Waals surface area contributed by atoms with Crippen LogP contribution in [-0.2, 0) is 22.6 Å². The van der Waals surface area contributed by atoms with Crippen LogP contribution in [0.3, 0.4) is 0 Å². The zero-order valence-electron chi connectivity index (χ0n) is 18.3. The van der Waals surface area contributed by atoms with Gasteiger partial charge in [-0.1, -0.05) is 0 Å². The van der Waals surface area contributed by atoms with Crippen LogP contribution in [0, 0.1) is 0 Å². The lowest BCUT2D eigenvalue weighted by Crippen LogP contribution is -2.45. The van der Waals surface area contributed by atoms with Gasteiger partial charge < -0.3 is 14.5 Å². The molecule has 0 N–H and O–H groups in total. The summed E-state index contributed by atoms with van der Waals surface area (Å²) in [7, 11) is 0. The largest absolute Gasteiger partial charge is 0.379 e. The molecule has 0 aliphatic carbocycles. The summed E-state index contributed by atoms with van der Waals surface area (Å²) < 4.78 is 7.27. The molecule has 1 aromatic rings. The van der Waals surface area contributed by atoms with Crippen LogP contribution in [-0.4, -0.2) is 99.3 Å². The van der Waals surface area contributed by atoms with E-state index < -0.39 is 0 Å². The van der Waals surface area contributed by atoms with Gasteiger partial charge in [-0.3, -0.25) is 9.69 Å². The molecule has 4 heterocycles. The molecule has 0 saturated carbocycles. The van der Waals surface area contributed by atoms with Crippen molar-refractivity contribution >= 4 is 5.91 Å². The van der Waals surface area contributed by atoms with Crippen molar-refractivity contribution < 1.29 is 9.53 Å². The Morgan fingerprint density at radius 3 is 2.60 bits per heavy atom. The molecule has 1 unspecified atom stereocenters. The first-order valence-corrected chi connectivity index (χ1v) is 11.9. The minimum absolute atomic E-state index is 0.309. The van der Waals surface area contributed by atoms with E-state index in [0.29, 0.717) is 24.9 Å². The van der Waals surface area contributed by atoms with Crippen LogP contribution < -0.4 is 0 Å². The highest BCUT2D eigenvalue weighted by atomic mass is 16.5. The van der Waals surface area contributed by atoms with E-state index >= 15 is 0 Å². The lowest BCUT2D eigenvalue weighted by atomic mass is 9.98. The Balaban J connectivity index is 1.22. The molecule has 0 aromatic carbocycles.